The highest BCUT2D eigenvalue weighted by atomic mass is 15.1. The molecular weight excluding hydrogens is 290 g/mol. The van der Waals surface area contributed by atoms with E-state index in [0.29, 0.717) is 5.92 Å². The molecule has 1 nitrogen and oxygen atoms in total. The summed E-state index contributed by atoms with van der Waals surface area (Å²) in [5, 5.41) is 0. The van der Waals surface area contributed by atoms with Crippen LogP contribution in [0, 0.1) is 11.8 Å². The highest BCUT2D eigenvalue weighted by molar-refractivity contribution is 5.33. The van der Waals surface area contributed by atoms with Crippen molar-refractivity contribution in [2.75, 3.05) is 19.6 Å². The van der Waals surface area contributed by atoms with Crippen molar-refractivity contribution < 1.29 is 0 Å². The normalized spacial score (nSPS) is 20.2. The van der Waals surface area contributed by atoms with Crippen LogP contribution in [0.25, 0.3) is 0 Å². The molecule has 1 heteroatoms. The molecule has 0 amide bonds. The Bertz CT molecular complexity index is 569. The van der Waals surface area contributed by atoms with Gasteiger partial charge in [-0.25, -0.2) is 0 Å². The lowest BCUT2D eigenvalue weighted by atomic mass is 9.76. The minimum absolute atomic E-state index is 0.554. The quantitative estimate of drug-likeness (QED) is 0.720. The second-order valence-electron chi connectivity index (χ2n) is 7.73. The van der Waals surface area contributed by atoms with Crippen molar-refractivity contribution >= 4 is 0 Å². The summed E-state index contributed by atoms with van der Waals surface area (Å²) in [7, 11) is 0. The van der Waals surface area contributed by atoms with Crippen LogP contribution in [0.3, 0.4) is 0 Å². The highest BCUT2D eigenvalue weighted by Crippen LogP contribution is 2.38. The summed E-state index contributed by atoms with van der Waals surface area (Å²) in [6, 6.07) is 22.3. The molecule has 1 aliphatic heterocycles. The number of nitrogens with zero attached hydrogens (tertiary/aromatic N) is 1. The smallest absolute Gasteiger partial charge is 0.0119 e. The van der Waals surface area contributed by atoms with Gasteiger partial charge in [0, 0.05) is 12.5 Å². The van der Waals surface area contributed by atoms with E-state index in [1.54, 1.807) is 0 Å². The fourth-order valence-corrected chi connectivity index (χ4v) is 4.57. The average molecular weight is 319 g/mol. The third-order valence-electron chi connectivity index (χ3n) is 6.16. The summed E-state index contributed by atoms with van der Waals surface area (Å²) < 4.78 is 0. The van der Waals surface area contributed by atoms with Crippen molar-refractivity contribution in [1.82, 2.24) is 4.90 Å². The maximum Gasteiger partial charge on any atom is 0.0119 e. The molecule has 0 radical (unpaired) electrons. The van der Waals surface area contributed by atoms with E-state index in [9.17, 15) is 0 Å². The van der Waals surface area contributed by atoms with Crippen molar-refractivity contribution in [2.24, 2.45) is 11.8 Å². The first kappa shape index (κ1) is 15.9. The summed E-state index contributed by atoms with van der Waals surface area (Å²) >= 11 is 0. The summed E-state index contributed by atoms with van der Waals surface area (Å²) in [5.41, 5.74) is 2.97. The van der Waals surface area contributed by atoms with Crippen LogP contribution in [0.15, 0.2) is 60.7 Å². The van der Waals surface area contributed by atoms with E-state index >= 15 is 0 Å². The monoisotopic (exact) mass is 319 g/mol. The molecule has 0 bridgehead atoms. The molecule has 2 aliphatic rings. The minimum Gasteiger partial charge on any atom is -0.303 e. The average Bonchev–Trinajstić information content (AvgIpc) is 2.62. The van der Waals surface area contributed by atoms with Crippen molar-refractivity contribution in [1.29, 1.82) is 0 Å². The molecular formula is C23H29N. The third kappa shape index (κ3) is 3.57. The Balaban J connectivity index is 1.48. The number of likely N-dealkylation sites (tertiary alicyclic amines) is 1. The van der Waals surface area contributed by atoms with Gasteiger partial charge in [-0.15, -0.1) is 0 Å². The largest absolute Gasteiger partial charge is 0.303 e. The molecule has 0 unspecified atom stereocenters. The Morgan fingerprint density at radius 3 is 1.75 bits per heavy atom. The van der Waals surface area contributed by atoms with Gasteiger partial charge in [-0.3, -0.25) is 0 Å². The molecule has 1 saturated heterocycles. The van der Waals surface area contributed by atoms with Gasteiger partial charge in [0.25, 0.3) is 0 Å². The molecule has 0 aromatic heterocycles. The van der Waals surface area contributed by atoms with E-state index in [4.69, 9.17) is 0 Å². The van der Waals surface area contributed by atoms with Gasteiger partial charge in [0.05, 0.1) is 0 Å². The Kier molecular flexibility index (Phi) is 4.99. The lowest BCUT2D eigenvalue weighted by Crippen LogP contribution is -2.40. The lowest BCUT2D eigenvalue weighted by Gasteiger charge is -2.39. The molecule has 0 spiro atoms. The first-order valence-corrected chi connectivity index (χ1v) is 9.72. The molecule has 1 saturated carbocycles. The van der Waals surface area contributed by atoms with Crippen LogP contribution in [0.2, 0.25) is 0 Å². The topological polar surface area (TPSA) is 3.24 Å². The van der Waals surface area contributed by atoms with E-state index in [2.05, 4.69) is 65.6 Å². The molecule has 24 heavy (non-hydrogen) atoms. The zero-order valence-electron chi connectivity index (χ0n) is 14.6. The van der Waals surface area contributed by atoms with Crippen molar-refractivity contribution in [3.63, 3.8) is 0 Å². The second kappa shape index (κ2) is 7.53. The summed E-state index contributed by atoms with van der Waals surface area (Å²) in [6.07, 6.45) is 7.07. The van der Waals surface area contributed by atoms with E-state index < -0.39 is 0 Å². The molecule has 2 fully saturated rings. The zero-order valence-corrected chi connectivity index (χ0v) is 14.6. The van der Waals surface area contributed by atoms with E-state index in [0.717, 1.165) is 11.8 Å². The molecule has 2 aromatic rings. The molecule has 0 N–H and O–H groups in total. The van der Waals surface area contributed by atoms with Gasteiger partial charge in [0.15, 0.2) is 0 Å². The van der Waals surface area contributed by atoms with Crippen LogP contribution in [0.1, 0.15) is 49.1 Å². The maximum absolute atomic E-state index is 2.73. The van der Waals surface area contributed by atoms with Crippen LogP contribution in [-0.4, -0.2) is 24.5 Å². The Morgan fingerprint density at radius 1 is 0.750 bits per heavy atom. The number of rotatable bonds is 5. The summed E-state index contributed by atoms with van der Waals surface area (Å²) in [6.45, 7) is 3.93. The van der Waals surface area contributed by atoms with Crippen LogP contribution in [0.5, 0.6) is 0 Å². The third-order valence-corrected chi connectivity index (χ3v) is 6.16. The summed E-state index contributed by atoms with van der Waals surface area (Å²) in [4.78, 5) is 2.73. The van der Waals surface area contributed by atoms with E-state index in [-0.39, 0.29) is 0 Å². The molecule has 4 rings (SSSR count). The highest BCUT2D eigenvalue weighted by Gasteiger charge is 2.30. The fourth-order valence-electron chi connectivity index (χ4n) is 4.57. The molecule has 126 valence electrons. The lowest BCUT2D eigenvalue weighted by molar-refractivity contribution is 0.127. The first-order chi connectivity index (χ1) is 11.9. The Labute approximate surface area is 146 Å². The van der Waals surface area contributed by atoms with E-state index in [1.807, 2.05) is 0 Å². The maximum atomic E-state index is 2.73. The van der Waals surface area contributed by atoms with Crippen molar-refractivity contribution in [2.45, 2.75) is 38.0 Å². The Morgan fingerprint density at radius 2 is 1.29 bits per heavy atom. The summed E-state index contributed by atoms with van der Waals surface area (Å²) in [5.74, 6) is 2.33. The fraction of sp³-hybridized carbons (Fsp3) is 0.478. The number of hydrogen-bond acceptors (Lipinski definition) is 1. The molecule has 0 atom stereocenters. The van der Waals surface area contributed by atoms with Gasteiger partial charge in [0.1, 0.15) is 0 Å². The van der Waals surface area contributed by atoms with Crippen LogP contribution < -0.4 is 0 Å². The minimum atomic E-state index is 0.554. The number of piperidine rings is 1. The van der Waals surface area contributed by atoms with Gasteiger partial charge in [-0.1, -0.05) is 67.1 Å². The van der Waals surface area contributed by atoms with E-state index in [1.165, 1.54) is 62.9 Å². The second-order valence-corrected chi connectivity index (χ2v) is 7.73. The zero-order chi connectivity index (χ0) is 16.2. The standard InChI is InChI=1S/C23H29N/c1-3-10-20(11-4-1)23(21-12-5-2-6-13-21)22-14-16-24(17-15-22)18-19-8-7-9-19/h1-6,10-13,19,22-23H,7-9,14-18H2. The molecule has 1 heterocycles. The Hall–Kier alpha value is -1.60. The molecule has 1 aliphatic carbocycles. The van der Waals surface area contributed by atoms with Gasteiger partial charge >= 0.3 is 0 Å². The van der Waals surface area contributed by atoms with Gasteiger partial charge in [-0.2, -0.15) is 0 Å². The first-order valence-electron chi connectivity index (χ1n) is 9.72. The van der Waals surface area contributed by atoms with Crippen molar-refractivity contribution in [3.8, 4) is 0 Å². The predicted molar refractivity (Wildman–Crippen MR) is 101 cm³/mol. The SMILES string of the molecule is c1ccc(C(c2ccccc2)C2CCN(CC3CCC3)CC2)cc1. The predicted octanol–water partition coefficient (Wildman–Crippen LogP) is 5.33. The van der Waals surface area contributed by atoms with Crippen molar-refractivity contribution in [3.05, 3.63) is 71.8 Å². The number of hydrogen-bond donors (Lipinski definition) is 0. The van der Waals surface area contributed by atoms with Gasteiger partial charge < -0.3 is 4.90 Å². The number of benzene rings is 2. The van der Waals surface area contributed by atoms with Gasteiger partial charge in [0.2, 0.25) is 0 Å². The van der Waals surface area contributed by atoms with Crippen LogP contribution in [0.4, 0.5) is 0 Å². The van der Waals surface area contributed by atoms with Gasteiger partial charge in [-0.05, 0) is 61.7 Å². The molecule has 2 aromatic carbocycles. The van der Waals surface area contributed by atoms with Crippen LogP contribution in [-0.2, 0) is 0 Å². The van der Waals surface area contributed by atoms with Crippen LogP contribution >= 0.6 is 0 Å².